The number of amides is 2. The highest BCUT2D eigenvalue weighted by atomic mass is 16.5. The Morgan fingerprint density at radius 3 is 2.73 bits per heavy atom. The minimum Gasteiger partial charge on any atom is -0.483 e. The molecule has 2 N–H and O–H groups in total. The van der Waals surface area contributed by atoms with Crippen molar-refractivity contribution in [3.05, 3.63) is 29.3 Å². The SMILES string of the molecule is CC1(C)C=Cc2c(ccc3c2NC(=O)[C@@]32C[C@@]34CN5CCCC[C@]5(C[C@@H]3C2(C)C)C(=O)N4)O1. The molecular weight excluding hydrogens is 414 g/mol. The first-order valence-electron chi connectivity index (χ1n) is 12.5. The number of piperidine rings is 3. The van der Waals surface area contributed by atoms with Crippen molar-refractivity contribution < 1.29 is 14.3 Å². The first-order chi connectivity index (χ1) is 15.5. The molecule has 0 unspecified atom stereocenters. The molecule has 1 saturated carbocycles. The first-order valence-corrected chi connectivity index (χ1v) is 12.5. The molecular formula is C27H33N3O3. The van der Waals surface area contributed by atoms with Crippen molar-refractivity contribution in [3.8, 4) is 5.75 Å². The molecule has 6 heteroatoms. The third-order valence-electron chi connectivity index (χ3n) is 10.2. The molecule has 8 rings (SSSR count). The van der Waals surface area contributed by atoms with Crippen LogP contribution in [0.2, 0.25) is 0 Å². The van der Waals surface area contributed by atoms with Crippen LogP contribution in [0.1, 0.15) is 70.9 Å². The third-order valence-corrected chi connectivity index (χ3v) is 10.2. The molecule has 6 nitrogen and oxygen atoms in total. The van der Waals surface area contributed by atoms with Crippen molar-refractivity contribution in [3.63, 3.8) is 0 Å². The van der Waals surface area contributed by atoms with Crippen LogP contribution in [0.3, 0.4) is 0 Å². The quantitative estimate of drug-likeness (QED) is 0.638. The van der Waals surface area contributed by atoms with Gasteiger partial charge in [0.2, 0.25) is 11.8 Å². The van der Waals surface area contributed by atoms with Crippen LogP contribution in [0.4, 0.5) is 5.69 Å². The fraction of sp³-hybridized carbons (Fsp3) is 0.630. The Balaban J connectivity index is 1.40. The van der Waals surface area contributed by atoms with Gasteiger partial charge in [-0.25, -0.2) is 0 Å². The molecule has 3 spiro atoms. The van der Waals surface area contributed by atoms with E-state index in [-0.39, 0.29) is 39.8 Å². The number of piperazine rings is 1. The van der Waals surface area contributed by atoms with Crippen LogP contribution >= 0.6 is 0 Å². The van der Waals surface area contributed by atoms with Gasteiger partial charge in [0.25, 0.3) is 0 Å². The molecule has 0 radical (unpaired) electrons. The van der Waals surface area contributed by atoms with Crippen molar-refractivity contribution in [2.75, 3.05) is 18.4 Å². The number of fused-ring (bicyclic) bond motifs is 5. The van der Waals surface area contributed by atoms with Crippen molar-refractivity contribution in [1.82, 2.24) is 10.2 Å². The molecule has 1 aliphatic carbocycles. The standard InChI is InChI=1S/C27H33N3O3/c1-23(2)11-9-16-18(33-23)8-7-17-20(16)28-22(32)27(17)14-25-15-30-12-6-5-10-26(30,21(31)29-25)13-19(25)24(27,3)4/h7-9,11,19H,5-6,10,12-15H2,1-4H3,(H,28,32)(H,29,31)/t19-,25-,26+,27-/m1/s1. The molecule has 6 heterocycles. The highest BCUT2D eigenvalue weighted by Gasteiger charge is 2.77. The Hall–Kier alpha value is -2.34. The smallest absolute Gasteiger partial charge is 0.241 e. The highest BCUT2D eigenvalue weighted by Crippen LogP contribution is 2.70. The van der Waals surface area contributed by atoms with E-state index in [1.807, 2.05) is 19.9 Å². The zero-order valence-electron chi connectivity index (χ0n) is 20.0. The summed E-state index contributed by atoms with van der Waals surface area (Å²) in [5.74, 6) is 1.34. The molecule has 6 aliphatic heterocycles. The Kier molecular flexibility index (Phi) is 3.44. The molecule has 0 aromatic heterocycles. The fourth-order valence-corrected chi connectivity index (χ4v) is 8.63. The molecule has 7 aliphatic rings. The topological polar surface area (TPSA) is 70.7 Å². The predicted molar refractivity (Wildman–Crippen MR) is 126 cm³/mol. The van der Waals surface area contributed by atoms with Crippen molar-refractivity contribution in [2.24, 2.45) is 11.3 Å². The summed E-state index contributed by atoms with van der Waals surface area (Å²) in [5, 5.41) is 6.79. The van der Waals surface area contributed by atoms with Gasteiger partial charge in [-0.2, -0.15) is 0 Å². The van der Waals surface area contributed by atoms with Gasteiger partial charge in [-0.15, -0.1) is 0 Å². The lowest BCUT2D eigenvalue weighted by Gasteiger charge is -2.63. The fourth-order valence-electron chi connectivity index (χ4n) is 8.63. The van der Waals surface area contributed by atoms with Gasteiger partial charge in [0.1, 0.15) is 16.9 Å². The summed E-state index contributed by atoms with van der Waals surface area (Å²) in [6, 6.07) is 4.14. The monoisotopic (exact) mass is 447 g/mol. The lowest BCUT2D eigenvalue weighted by atomic mass is 9.56. The van der Waals surface area contributed by atoms with Crippen LogP contribution in [0, 0.1) is 11.3 Å². The molecule has 2 amide bonds. The van der Waals surface area contributed by atoms with Crippen molar-refractivity contribution >= 4 is 23.6 Å². The Bertz CT molecular complexity index is 1170. The van der Waals surface area contributed by atoms with Crippen LogP contribution in [0.25, 0.3) is 6.08 Å². The maximum Gasteiger partial charge on any atom is 0.241 e. The second-order valence-electron chi connectivity index (χ2n) is 12.5. The average Bonchev–Trinajstić information content (AvgIpc) is 3.14. The zero-order chi connectivity index (χ0) is 23.0. The highest BCUT2D eigenvalue weighted by molar-refractivity contribution is 6.10. The summed E-state index contributed by atoms with van der Waals surface area (Å²) in [4.78, 5) is 29.9. The second kappa shape index (κ2) is 5.65. The van der Waals surface area contributed by atoms with Gasteiger partial charge >= 0.3 is 0 Å². The number of nitrogens with one attached hydrogen (secondary N) is 2. The first kappa shape index (κ1) is 20.1. The normalized spacial score (nSPS) is 41.0. The van der Waals surface area contributed by atoms with Gasteiger partial charge in [0, 0.05) is 12.1 Å². The van der Waals surface area contributed by atoms with E-state index >= 15 is 0 Å². The molecule has 33 heavy (non-hydrogen) atoms. The van der Waals surface area contributed by atoms with E-state index in [4.69, 9.17) is 4.74 Å². The summed E-state index contributed by atoms with van der Waals surface area (Å²) in [7, 11) is 0. The Labute approximate surface area is 195 Å². The van der Waals surface area contributed by atoms with Crippen molar-refractivity contribution in [1.29, 1.82) is 0 Å². The van der Waals surface area contributed by atoms with Crippen LogP contribution in [0.15, 0.2) is 18.2 Å². The van der Waals surface area contributed by atoms with E-state index in [1.165, 1.54) is 0 Å². The number of hydrogen-bond acceptors (Lipinski definition) is 4. The third kappa shape index (κ3) is 2.11. The number of anilines is 1. The predicted octanol–water partition coefficient (Wildman–Crippen LogP) is 3.60. The molecule has 2 bridgehead atoms. The molecule has 1 aromatic carbocycles. The van der Waals surface area contributed by atoms with Gasteiger partial charge in [0.15, 0.2) is 0 Å². The van der Waals surface area contributed by atoms with Crippen LogP contribution in [-0.2, 0) is 15.0 Å². The molecule has 4 saturated heterocycles. The minimum atomic E-state index is -0.670. The Morgan fingerprint density at radius 2 is 1.91 bits per heavy atom. The van der Waals surface area contributed by atoms with Gasteiger partial charge in [-0.05, 0) is 87.6 Å². The summed E-state index contributed by atoms with van der Waals surface area (Å²) < 4.78 is 6.20. The van der Waals surface area contributed by atoms with E-state index < -0.39 is 5.41 Å². The van der Waals surface area contributed by atoms with Gasteiger partial charge < -0.3 is 15.4 Å². The van der Waals surface area contributed by atoms with E-state index in [1.54, 1.807) is 0 Å². The van der Waals surface area contributed by atoms with E-state index in [0.717, 1.165) is 61.3 Å². The average molecular weight is 448 g/mol. The summed E-state index contributed by atoms with van der Waals surface area (Å²) in [6.07, 6.45) is 8.86. The number of hydrogen-bond donors (Lipinski definition) is 2. The number of rotatable bonds is 0. The zero-order valence-corrected chi connectivity index (χ0v) is 20.0. The van der Waals surface area contributed by atoms with E-state index in [0.29, 0.717) is 6.42 Å². The number of carbonyl (C=O) groups is 2. The second-order valence-corrected chi connectivity index (χ2v) is 12.5. The number of nitrogens with zero attached hydrogens (tertiary/aromatic N) is 1. The molecule has 1 aromatic rings. The summed E-state index contributed by atoms with van der Waals surface area (Å²) in [5.41, 5.74) is 0.853. The van der Waals surface area contributed by atoms with Crippen molar-refractivity contribution in [2.45, 2.75) is 81.9 Å². The van der Waals surface area contributed by atoms with Crippen LogP contribution < -0.4 is 15.4 Å². The van der Waals surface area contributed by atoms with E-state index in [2.05, 4.69) is 47.6 Å². The lowest BCUT2D eigenvalue weighted by molar-refractivity contribution is -0.167. The number of carbonyl (C=O) groups excluding carboxylic acids is 2. The van der Waals surface area contributed by atoms with Gasteiger partial charge in [0.05, 0.1) is 16.6 Å². The summed E-state index contributed by atoms with van der Waals surface area (Å²) >= 11 is 0. The maximum atomic E-state index is 14.0. The molecule has 4 atom stereocenters. The van der Waals surface area contributed by atoms with E-state index in [9.17, 15) is 9.59 Å². The molecule has 174 valence electrons. The minimum absolute atomic E-state index is 0.0751. The number of benzene rings is 1. The Morgan fingerprint density at radius 1 is 1.09 bits per heavy atom. The van der Waals surface area contributed by atoms with Gasteiger partial charge in [-0.3, -0.25) is 14.5 Å². The largest absolute Gasteiger partial charge is 0.483 e. The number of ether oxygens (including phenoxy) is 1. The van der Waals surface area contributed by atoms with Crippen LogP contribution in [-0.4, -0.2) is 46.5 Å². The maximum absolute atomic E-state index is 14.0. The van der Waals surface area contributed by atoms with Crippen LogP contribution in [0.5, 0.6) is 5.75 Å². The van der Waals surface area contributed by atoms with Gasteiger partial charge in [-0.1, -0.05) is 19.9 Å². The summed E-state index contributed by atoms with van der Waals surface area (Å²) in [6.45, 7) is 10.5. The molecule has 5 fully saturated rings. The lowest BCUT2D eigenvalue weighted by Crippen LogP contribution is -2.80.